The van der Waals surface area contributed by atoms with E-state index in [2.05, 4.69) is 9.80 Å². The molecule has 0 radical (unpaired) electrons. The van der Waals surface area contributed by atoms with Gasteiger partial charge in [-0.05, 0) is 37.5 Å². The van der Waals surface area contributed by atoms with Crippen molar-refractivity contribution < 1.29 is 4.79 Å². The van der Waals surface area contributed by atoms with Gasteiger partial charge in [0, 0.05) is 45.2 Å². The summed E-state index contributed by atoms with van der Waals surface area (Å²) in [5, 5.41) is 0. The number of halogens is 2. The Morgan fingerprint density at radius 3 is 2.12 bits per heavy atom. The van der Waals surface area contributed by atoms with E-state index in [0.717, 1.165) is 44.9 Å². The van der Waals surface area contributed by atoms with Crippen molar-refractivity contribution in [2.45, 2.75) is 63.8 Å². The van der Waals surface area contributed by atoms with Crippen LogP contribution in [0.25, 0.3) is 0 Å². The molecule has 0 aromatic rings. The minimum atomic E-state index is 0. The van der Waals surface area contributed by atoms with Crippen LogP contribution >= 0.6 is 24.8 Å². The standard InChI is InChI=1S/C18H33N3O.2ClH/c19-17-8-4-7-16(17)13-18(22)21-11-9-20(10-12-21)14-15-5-2-1-3-6-15;;/h15-17H,1-14,19H2;2*1H/t16-,17+;;/m0../s1. The van der Waals surface area contributed by atoms with Crippen molar-refractivity contribution in [1.82, 2.24) is 9.80 Å². The Morgan fingerprint density at radius 2 is 1.54 bits per heavy atom. The second kappa shape index (κ2) is 10.8. The van der Waals surface area contributed by atoms with Gasteiger partial charge in [0.15, 0.2) is 0 Å². The number of nitrogens with two attached hydrogens (primary N) is 1. The van der Waals surface area contributed by atoms with Crippen molar-refractivity contribution in [2.24, 2.45) is 17.6 Å². The zero-order chi connectivity index (χ0) is 15.4. The molecule has 1 heterocycles. The molecule has 24 heavy (non-hydrogen) atoms. The second-order valence-electron chi connectivity index (χ2n) is 7.74. The first-order chi connectivity index (χ1) is 10.7. The summed E-state index contributed by atoms with van der Waals surface area (Å²) in [7, 11) is 0. The Kier molecular flexibility index (Phi) is 9.95. The van der Waals surface area contributed by atoms with Crippen molar-refractivity contribution in [1.29, 1.82) is 0 Å². The SMILES string of the molecule is Cl.Cl.N[C@@H]1CCC[C@H]1CC(=O)N1CCN(CC2CCCCC2)CC1. The van der Waals surface area contributed by atoms with Crippen LogP contribution in [0.2, 0.25) is 0 Å². The molecule has 6 heteroatoms. The van der Waals surface area contributed by atoms with Gasteiger partial charge in [-0.25, -0.2) is 0 Å². The topological polar surface area (TPSA) is 49.6 Å². The van der Waals surface area contributed by atoms with Gasteiger partial charge in [0.1, 0.15) is 0 Å². The van der Waals surface area contributed by atoms with Crippen LogP contribution in [0, 0.1) is 11.8 Å². The number of nitrogens with zero attached hydrogens (tertiary/aromatic N) is 2. The Morgan fingerprint density at radius 1 is 0.875 bits per heavy atom. The summed E-state index contributed by atoms with van der Waals surface area (Å²) in [5.74, 6) is 1.69. The van der Waals surface area contributed by atoms with Gasteiger partial charge in [-0.3, -0.25) is 9.69 Å². The van der Waals surface area contributed by atoms with Crippen molar-refractivity contribution in [3.63, 3.8) is 0 Å². The molecule has 3 aliphatic rings. The van der Waals surface area contributed by atoms with E-state index in [9.17, 15) is 4.79 Å². The van der Waals surface area contributed by atoms with Crippen LogP contribution in [0.1, 0.15) is 57.8 Å². The molecule has 0 bridgehead atoms. The van der Waals surface area contributed by atoms with Gasteiger partial charge in [-0.1, -0.05) is 25.7 Å². The third-order valence-electron chi connectivity index (χ3n) is 6.12. The van der Waals surface area contributed by atoms with Crippen molar-refractivity contribution in [2.75, 3.05) is 32.7 Å². The van der Waals surface area contributed by atoms with Gasteiger partial charge in [0.05, 0.1) is 0 Å². The minimum absolute atomic E-state index is 0. The van der Waals surface area contributed by atoms with Gasteiger partial charge in [0.2, 0.25) is 5.91 Å². The molecular weight excluding hydrogens is 345 g/mol. The van der Waals surface area contributed by atoms with Gasteiger partial charge in [-0.15, -0.1) is 24.8 Å². The van der Waals surface area contributed by atoms with E-state index >= 15 is 0 Å². The highest BCUT2D eigenvalue weighted by molar-refractivity contribution is 5.85. The van der Waals surface area contributed by atoms with Crippen LogP contribution in [0.15, 0.2) is 0 Å². The molecule has 0 aromatic heterocycles. The fourth-order valence-electron chi connectivity index (χ4n) is 4.59. The number of hydrogen-bond donors (Lipinski definition) is 1. The Balaban J connectivity index is 0.00000144. The van der Waals surface area contributed by atoms with Crippen LogP contribution in [0.4, 0.5) is 0 Å². The molecule has 2 atom stereocenters. The lowest BCUT2D eigenvalue weighted by Gasteiger charge is -2.37. The largest absolute Gasteiger partial charge is 0.340 e. The fourth-order valence-corrected chi connectivity index (χ4v) is 4.59. The van der Waals surface area contributed by atoms with Crippen LogP contribution < -0.4 is 5.73 Å². The van der Waals surface area contributed by atoms with Crippen LogP contribution in [0.3, 0.4) is 0 Å². The molecule has 3 rings (SSSR count). The van der Waals surface area contributed by atoms with Crippen LogP contribution in [-0.2, 0) is 4.79 Å². The summed E-state index contributed by atoms with van der Waals surface area (Å²) >= 11 is 0. The minimum Gasteiger partial charge on any atom is -0.340 e. The molecule has 2 aliphatic carbocycles. The summed E-state index contributed by atoms with van der Waals surface area (Å²) in [6.07, 6.45) is 11.2. The smallest absolute Gasteiger partial charge is 0.222 e. The first kappa shape index (κ1) is 22.0. The van der Waals surface area contributed by atoms with E-state index in [1.165, 1.54) is 45.1 Å². The molecule has 3 fully saturated rings. The third kappa shape index (κ3) is 6.05. The van der Waals surface area contributed by atoms with Gasteiger partial charge >= 0.3 is 0 Å². The average molecular weight is 380 g/mol. The number of amides is 1. The number of carbonyl (C=O) groups excluding carboxylic acids is 1. The Labute approximate surface area is 159 Å². The Bertz CT molecular complexity index is 369. The second-order valence-corrected chi connectivity index (χ2v) is 7.74. The fraction of sp³-hybridized carbons (Fsp3) is 0.944. The lowest BCUT2D eigenvalue weighted by molar-refractivity contribution is -0.134. The summed E-state index contributed by atoms with van der Waals surface area (Å²) in [6.45, 7) is 5.24. The monoisotopic (exact) mass is 379 g/mol. The van der Waals surface area contributed by atoms with E-state index < -0.39 is 0 Å². The molecule has 0 unspecified atom stereocenters. The maximum Gasteiger partial charge on any atom is 0.222 e. The number of rotatable bonds is 4. The normalized spacial score (nSPS) is 29.0. The predicted molar refractivity (Wildman–Crippen MR) is 104 cm³/mol. The van der Waals surface area contributed by atoms with E-state index in [1.807, 2.05) is 0 Å². The maximum atomic E-state index is 12.4. The molecule has 142 valence electrons. The Hall–Kier alpha value is -0.0300. The van der Waals surface area contributed by atoms with E-state index in [1.54, 1.807) is 0 Å². The lowest BCUT2D eigenvalue weighted by Crippen LogP contribution is -2.50. The lowest BCUT2D eigenvalue weighted by atomic mass is 9.89. The third-order valence-corrected chi connectivity index (χ3v) is 6.12. The zero-order valence-corrected chi connectivity index (χ0v) is 16.5. The van der Waals surface area contributed by atoms with Gasteiger partial charge in [-0.2, -0.15) is 0 Å². The molecule has 2 N–H and O–H groups in total. The maximum absolute atomic E-state index is 12.4. The predicted octanol–water partition coefficient (Wildman–Crippen LogP) is 3.07. The van der Waals surface area contributed by atoms with Crippen LogP contribution in [-0.4, -0.2) is 54.5 Å². The average Bonchev–Trinajstić information content (AvgIpc) is 2.94. The van der Waals surface area contributed by atoms with Gasteiger partial charge in [0.25, 0.3) is 0 Å². The van der Waals surface area contributed by atoms with E-state index in [-0.39, 0.29) is 30.9 Å². The molecule has 0 aromatic carbocycles. The molecule has 1 saturated heterocycles. The summed E-state index contributed by atoms with van der Waals surface area (Å²) < 4.78 is 0. The van der Waals surface area contributed by atoms with Crippen LogP contribution in [0.5, 0.6) is 0 Å². The number of hydrogen-bond acceptors (Lipinski definition) is 3. The highest BCUT2D eigenvalue weighted by Crippen LogP contribution is 2.28. The molecule has 4 nitrogen and oxygen atoms in total. The molecule has 2 saturated carbocycles. The van der Waals surface area contributed by atoms with Crippen molar-refractivity contribution >= 4 is 30.7 Å². The first-order valence-electron chi connectivity index (χ1n) is 9.48. The van der Waals surface area contributed by atoms with E-state index in [0.29, 0.717) is 18.2 Å². The first-order valence-corrected chi connectivity index (χ1v) is 9.48. The summed E-state index contributed by atoms with van der Waals surface area (Å²) in [4.78, 5) is 17.1. The zero-order valence-electron chi connectivity index (χ0n) is 14.8. The number of carbonyl (C=O) groups is 1. The molecular formula is C18H35Cl2N3O. The summed E-state index contributed by atoms with van der Waals surface area (Å²) in [6, 6.07) is 0.261. The number of piperazine rings is 1. The van der Waals surface area contributed by atoms with Crippen molar-refractivity contribution in [3.05, 3.63) is 0 Å². The van der Waals surface area contributed by atoms with Crippen molar-refractivity contribution in [3.8, 4) is 0 Å². The highest BCUT2D eigenvalue weighted by Gasteiger charge is 2.29. The highest BCUT2D eigenvalue weighted by atomic mass is 35.5. The molecule has 1 aliphatic heterocycles. The van der Waals surface area contributed by atoms with Gasteiger partial charge < -0.3 is 10.6 Å². The molecule has 1 amide bonds. The summed E-state index contributed by atoms with van der Waals surface area (Å²) in [5.41, 5.74) is 6.10. The molecule has 0 spiro atoms. The van der Waals surface area contributed by atoms with E-state index in [4.69, 9.17) is 5.73 Å². The quantitative estimate of drug-likeness (QED) is 0.816.